The summed E-state index contributed by atoms with van der Waals surface area (Å²) in [5.41, 5.74) is 4.22. The Labute approximate surface area is 196 Å². The van der Waals surface area contributed by atoms with Gasteiger partial charge in [0.25, 0.3) is 5.91 Å². The van der Waals surface area contributed by atoms with E-state index in [0.29, 0.717) is 29.1 Å². The molecule has 0 aliphatic carbocycles. The van der Waals surface area contributed by atoms with Gasteiger partial charge in [-0.05, 0) is 55.0 Å². The highest BCUT2D eigenvalue weighted by Gasteiger charge is 2.31. The van der Waals surface area contributed by atoms with Crippen LogP contribution >= 0.6 is 0 Å². The van der Waals surface area contributed by atoms with Crippen molar-refractivity contribution in [3.63, 3.8) is 0 Å². The zero-order chi connectivity index (χ0) is 23.7. The number of hydrogen-bond acceptors (Lipinski definition) is 4. The van der Waals surface area contributed by atoms with E-state index in [-0.39, 0.29) is 11.7 Å². The number of nitrogens with one attached hydrogen (secondary N) is 1. The smallest absolute Gasteiger partial charge is 0.261 e. The van der Waals surface area contributed by atoms with Crippen LogP contribution in [0.5, 0.6) is 5.75 Å². The summed E-state index contributed by atoms with van der Waals surface area (Å²) in [6.07, 6.45) is 1.92. The van der Waals surface area contributed by atoms with Gasteiger partial charge in [0.1, 0.15) is 17.1 Å². The van der Waals surface area contributed by atoms with Crippen molar-refractivity contribution in [3.8, 4) is 5.75 Å². The number of halogens is 1. The van der Waals surface area contributed by atoms with E-state index in [1.807, 2.05) is 55.5 Å². The predicted octanol–water partition coefficient (Wildman–Crippen LogP) is 5.71. The molecule has 6 nitrogen and oxygen atoms in total. The lowest BCUT2D eigenvalue weighted by Crippen LogP contribution is -2.23. The molecule has 5 rings (SSSR count). The molecule has 1 aliphatic heterocycles. The summed E-state index contributed by atoms with van der Waals surface area (Å²) in [5.74, 6) is 0.483. The third-order valence-corrected chi connectivity index (χ3v) is 5.93. The van der Waals surface area contributed by atoms with E-state index in [2.05, 4.69) is 10.4 Å². The van der Waals surface area contributed by atoms with Crippen molar-refractivity contribution >= 4 is 23.1 Å². The lowest BCUT2D eigenvalue weighted by molar-refractivity contribution is 0.102. The fourth-order valence-corrected chi connectivity index (χ4v) is 4.09. The molecule has 0 bridgehead atoms. The number of methoxy groups -OCH3 is 1. The van der Waals surface area contributed by atoms with Crippen LogP contribution in [0.4, 0.5) is 15.9 Å². The minimum atomic E-state index is -0.438. The third kappa shape index (κ3) is 4.08. The van der Waals surface area contributed by atoms with E-state index < -0.39 is 6.04 Å². The second-order valence-corrected chi connectivity index (χ2v) is 8.18. The summed E-state index contributed by atoms with van der Waals surface area (Å²) >= 11 is 0. The Balaban J connectivity index is 1.57. The van der Waals surface area contributed by atoms with Gasteiger partial charge in [-0.2, -0.15) is 5.10 Å². The average molecular weight is 455 g/mol. The van der Waals surface area contributed by atoms with Crippen LogP contribution in [0.25, 0.3) is 0 Å². The molecule has 1 unspecified atom stereocenters. The number of hydrogen-bond donors (Lipinski definition) is 1. The van der Waals surface area contributed by atoms with Gasteiger partial charge in [0.2, 0.25) is 0 Å². The summed E-state index contributed by atoms with van der Waals surface area (Å²) in [6, 6.07) is 21.3. The maximum atomic E-state index is 14.8. The van der Waals surface area contributed by atoms with E-state index in [1.165, 1.54) is 12.3 Å². The van der Waals surface area contributed by atoms with E-state index >= 15 is 0 Å². The normalized spacial score (nSPS) is 14.8. The first-order valence-electron chi connectivity index (χ1n) is 11.0. The summed E-state index contributed by atoms with van der Waals surface area (Å²) in [6.45, 7) is 1.98. The zero-order valence-electron chi connectivity index (χ0n) is 18.8. The Morgan fingerprint density at radius 3 is 2.50 bits per heavy atom. The first-order valence-corrected chi connectivity index (χ1v) is 11.0. The fourth-order valence-electron chi connectivity index (χ4n) is 4.09. The molecule has 0 spiro atoms. The zero-order valence-corrected chi connectivity index (χ0v) is 18.8. The molecule has 0 saturated carbocycles. The molecule has 7 heteroatoms. The molecular weight excluding hydrogens is 431 g/mol. The molecule has 2 heterocycles. The first kappa shape index (κ1) is 21.6. The van der Waals surface area contributed by atoms with Crippen molar-refractivity contribution in [2.24, 2.45) is 4.99 Å². The van der Waals surface area contributed by atoms with Gasteiger partial charge in [-0.1, -0.05) is 35.9 Å². The molecule has 1 N–H and O–H groups in total. The molecule has 3 aromatic carbocycles. The Kier molecular flexibility index (Phi) is 5.67. The predicted molar refractivity (Wildman–Crippen MR) is 130 cm³/mol. The molecule has 1 amide bonds. The van der Waals surface area contributed by atoms with Crippen LogP contribution in [0, 0.1) is 12.7 Å². The SMILES string of the molecule is COc1ccc(C2=Nc3c(C(=O)Nc4ccc(C)cc4)cnn3C(c3ccccc3F)C2)cc1. The Hall–Kier alpha value is -4.26. The van der Waals surface area contributed by atoms with Crippen LogP contribution in [0.15, 0.2) is 84.0 Å². The number of fused-ring (bicyclic) bond motifs is 1. The largest absolute Gasteiger partial charge is 0.497 e. The molecule has 4 aromatic rings. The van der Waals surface area contributed by atoms with Crippen LogP contribution in [0.3, 0.4) is 0 Å². The van der Waals surface area contributed by atoms with Crippen molar-refractivity contribution in [1.82, 2.24) is 9.78 Å². The van der Waals surface area contributed by atoms with E-state index in [1.54, 1.807) is 30.0 Å². The van der Waals surface area contributed by atoms with Crippen molar-refractivity contribution in [3.05, 3.63) is 107 Å². The number of carbonyl (C=O) groups excluding carboxylic acids is 1. The number of aryl methyl sites for hydroxylation is 1. The van der Waals surface area contributed by atoms with Gasteiger partial charge < -0.3 is 10.1 Å². The molecule has 0 saturated heterocycles. The molecular formula is C27H23FN4O2. The van der Waals surface area contributed by atoms with Crippen molar-refractivity contribution in [2.75, 3.05) is 12.4 Å². The lowest BCUT2D eigenvalue weighted by atomic mass is 9.95. The number of aliphatic imine (C=N–C) groups is 1. The van der Waals surface area contributed by atoms with Crippen molar-refractivity contribution in [1.29, 1.82) is 0 Å². The highest BCUT2D eigenvalue weighted by molar-refractivity contribution is 6.09. The minimum absolute atomic E-state index is 0.322. The van der Waals surface area contributed by atoms with Gasteiger partial charge in [-0.25, -0.2) is 14.1 Å². The Morgan fingerprint density at radius 1 is 1.06 bits per heavy atom. The van der Waals surface area contributed by atoms with Gasteiger partial charge in [0.15, 0.2) is 5.82 Å². The van der Waals surface area contributed by atoms with Crippen molar-refractivity contribution < 1.29 is 13.9 Å². The minimum Gasteiger partial charge on any atom is -0.497 e. The molecule has 1 aromatic heterocycles. The van der Waals surface area contributed by atoms with Crippen LogP contribution in [0.1, 0.15) is 39.5 Å². The van der Waals surface area contributed by atoms with Crippen LogP contribution < -0.4 is 10.1 Å². The van der Waals surface area contributed by atoms with Crippen LogP contribution in [-0.4, -0.2) is 28.5 Å². The van der Waals surface area contributed by atoms with Gasteiger partial charge in [-0.3, -0.25) is 4.79 Å². The molecule has 1 atom stereocenters. The molecule has 0 radical (unpaired) electrons. The second kappa shape index (κ2) is 8.94. The number of nitrogens with zero attached hydrogens (tertiary/aromatic N) is 3. The highest BCUT2D eigenvalue weighted by atomic mass is 19.1. The topological polar surface area (TPSA) is 68.5 Å². The Bertz CT molecular complexity index is 1370. The number of benzene rings is 3. The van der Waals surface area contributed by atoms with E-state index in [0.717, 1.165) is 22.6 Å². The maximum absolute atomic E-state index is 14.8. The summed E-state index contributed by atoms with van der Waals surface area (Å²) < 4.78 is 21.7. The molecule has 0 fully saturated rings. The monoisotopic (exact) mass is 454 g/mol. The number of carbonyl (C=O) groups is 1. The highest BCUT2D eigenvalue weighted by Crippen LogP contribution is 2.37. The molecule has 1 aliphatic rings. The van der Waals surface area contributed by atoms with Crippen molar-refractivity contribution in [2.45, 2.75) is 19.4 Å². The number of ether oxygens (including phenoxy) is 1. The fraction of sp³-hybridized carbons (Fsp3) is 0.148. The van der Waals surface area contributed by atoms with Crippen LogP contribution in [-0.2, 0) is 0 Å². The van der Waals surface area contributed by atoms with Gasteiger partial charge >= 0.3 is 0 Å². The summed E-state index contributed by atoms with van der Waals surface area (Å²) in [4.78, 5) is 18.0. The number of aromatic nitrogens is 2. The third-order valence-electron chi connectivity index (χ3n) is 5.93. The van der Waals surface area contributed by atoms with Gasteiger partial charge in [0, 0.05) is 17.7 Å². The Morgan fingerprint density at radius 2 is 1.79 bits per heavy atom. The second-order valence-electron chi connectivity index (χ2n) is 8.18. The first-order chi connectivity index (χ1) is 16.5. The number of anilines is 1. The number of rotatable bonds is 5. The van der Waals surface area contributed by atoms with Crippen LogP contribution in [0.2, 0.25) is 0 Å². The van der Waals surface area contributed by atoms with E-state index in [9.17, 15) is 9.18 Å². The number of amides is 1. The van der Waals surface area contributed by atoms with Gasteiger partial charge in [0.05, 0.1) is 25.1 Å². The molecule has 170 valence electrons. The standard InChI is InChI=1S/C27H23FN4O2/c1-17-7-11-19(12-8-17)30-27(33)22-16-29-32-25(21-5-3-4-6-23(21)28)15-24(31-26(22)32)18-9-13-20(34-2)14-10-18/h3-14,16,25H,15H2,1-2H3,(H,30,33). The maximum Gasteiger partial charge on any atom is 0.261 e. The summed E-state index contributed by atoms with van der Waals surface area (Å²) in [7, 11) is 1.61. The van der Waals surface area contributed by atoms with Gasteiger partial charge in [-0.15, -0.1) is 0 Å². The lowest BCUT2D eigenvalue weighted by Gasteiger charge is -2.25. The molecule has 34 heavy (non-hydrogen) atoms. The summed E-state index contributed by atoms with van der Waals surface area (Å²) in [5, 5.41) is 7.36. The quantitative estimate of drug-likeness (QED) is 0.420. The average Bonchev–Trinajstić information content (AvgIpc) is 3.30. The van der Waals surface area contributed by atoms with E-state index in [4.69, 9.17) is 9.73 Å².